The van der Waals surface area contributed by atoms with E-state index in [2.05, 4.69) is 12.0 Å². The quantitative estimate of drug-likeness (QED) is 0.748. The van der Waals surface area contributed by atoms with Crippen LogP contribution in [0.25, 0.3) is 0 Å². The van der Waals surface area contributed by atoms with Crippen molar-refractivity contribution in [2.75, 3.05) is 7.11 Å². The van der Waals surface area contributed by atoms with Gasteiger partial charge in [-0.05, 0) is 12.0 Å². The van der Waals surface area contributed by atoms with Gasteiger partial charge in [0, 0.05) is 5.56 Å². The van der Waals surface area contributed by atoms with Gasteiger partial charge in [0.2, 0.25) is 0 Å². The van der Waals surface area contributed by atoms with Gasteiger partial charge in [-0.15, -0.1) is 0 Å². The molecule has 0 aliphatic heterocycles. The number of ether oxygens (including phenoxy) is 1. The number of methoxy groups -OCH3 is 1. The van der Waals surface area contributed by atoms with E-state index in [0.29, 0.717) is 11.3 Å². The maximum atomic E-state index is 12.1. The van der Waals surface area contributed by atoms with Gasteiger partial charge in [0.1, 0.15) is 6.54 Å². The van der Waals surface area contributed by atoms with E-state index in [9.17, 15) is 4.79 Å². The number of rotatable bonds is 6. The summed E-state index contributed by atoms with van der Waals surface area (Å²) in [6.07, 6.45) is 5.46. The number of ketones is 1. The number of aromatic nitrogens is 2. The van der Waals surface area contributed by atoms with Crippen LogP contribution in [0, 0.1) is 0 Å². The van der Waals surface area contributed by atoms with Gasteiger partial charge < -0.3 is 4.74 Å². The van der Waals surface area contributed by atoms with Gasteiger partial charge >= 0.3 is 0 Å². The highest BCUT2D eigenvalue weighted by Gasteiger charge is 2.08. The van der Waals surface area contributed by atoms with Crippen molar-refractivity contribution in [1.29, 1.82) is 0 Å². The average Bonchev–Trinajstić information content (AvgIpc) is 2.87. The van der Waals surface area contributed by atoms with Crippen LogP contribution < -0.4 is 4.74 Å². The molecule has 2 rings (SSSR count). The summed E-state index contributed by atoms with van der Waals surface area (Å²) >= 11 is 0. The largest absolute Gasteiger partial charge is 0.493 e. The summed E-state index contributed by atoms with van der Waals surface area (Å²) in [5, 5.41) is 4.07. The first-order valence-corrected chi connectivity index (χ1v) is 6.41. The molecule has 0 radical (unpaired) electrons. The van der Waals surface area contributed by atoms with Gasteiger partial charge in [0.05, 0.1) is 19.5 Å². The molecule has 1 aromatic carbocycles. The van der Waals surface area contributed by atoms with E-state index in [0.717, 1.165) is 12.8 Å². The Bertz CT molecular complexity index is 544. The molecule has 0 spiro atoms. The SMILES string of the molecule is CCCc1ccc(C(=O)Cn2cc(OC)cn2)cc1. The predicted molar refractivity (Wildman–Crippen MR) is 73.5 cm³/mol. The Morgan fingerprint density at radius 3 is 2.63 bits per heavy atom. The monoisotopic (exact) mass is 258 g/mol. The summed E-state index contributed by atoms with van der Waals surface area (Å²) in [5.74, 6) is 0.708. The van der Waals surface area contributed by atoms with Gasteiger partial charge in [-0.25, -0.2) is 0 Å². The highest BCUT2D eigenvalue weighted by atomic mass is 16.5. The molecule has 0 aliphatic rings. The van der Waals surface area contributed by atoms with Crippen LogP contribution in [0.15, 0.2) is 36.7 Å². The molecule has 0 saturated heterocycles. The fourth-order valence-electron chi connectivity index (χ4n) is 1.92. The minimum Gasteiger partial charge on any atom is -0.493 e. The van der Waals surface area contributed by atoms with E-state index in [1.54, 1.807) is 24.2 Å². The van der Waals surface area contributed by atoms with E-state index in [1.165, 1.54) is 5.56 Å². The number of aryl methyl sites for hydroxylation is 1. The number of nitrogens with zero attached hydrogens (tertiary/aromatic N) is 2. The van der Waals surface area contributed by atoms with Crippen molar-refractivity contribution >= 4 is 5.78 Å². The first-order chi connectivity index (χ1) is 9.22. The Balaban J connectivity index is 2.02. The summed E-state index contributed by atoms with van der Waals surface area (Å²) in [5.41, 5.74) is 1.98. The first-order valence-electron chi connectivity index (χ1n) is 6.41. The molecule has 100 valence electrons. The smallest absolute Gasteiger partial charge is 0.184 e. The van der Waals surface area contributed by atoms with E-state index in [1.807, 2.05) is 24.3 Å². The second-order valence-corrected chi connectivity index (χ2v) is 4.45. The van der Waals surface area contributed by atoms with Crippen LogP contribution in [0.5, 0.6) is 5.75 Å². The van der Waals surface area contributed by atoms with Crippen LogP contribution in [0.1, 0.15) is 29.3 Å². The van der Waals surface area contributed by atoms with E-state index < -0.39 is 0 Å². The molecule has 0 saturated carbocycles. The number of Topliss-reactive ketones (excluding diaryl/α,β-unsaturated/α-hetero) is 1. The maximum Gasteiger partial charge on any atom is 0.184 e. The van der Waals surface area contributed by atoms with Gasteiger partial charge in [-0.1, -0.05) is 37.6 Å². The third kappa shape index (κ3) is 3.44. The minimum absolute atomic E-state index is 0.0498. The molecule has 0 atom stereocenters. The molecule has 0 unspecified atom stereocenters. The summed E-state index contributed by atoms with van der Waals surface area (Å²) in [6.45, 7) is 2.38. The zero-order valence-electron chi connectivity index (χ0n) is 11.3. The van der Waals surface area contributed by atoms with E-state index >= 15 is 0 Å². The number of carbonyl (C=O) groups is 1. The zero-order valence-corrected chi connectivity index (χ0v) is 11.3. The Morgan fingerprint density at radius 2 is 2.05 bits per heavy atom. The van der Waals surface area contributed by atoms with Crippen molar-refractivity contribution in [3.63, 3.8) is 0 Å². The molecule has 0 N–H and O–H groups in total. The summed E-state index contributed by atoms with van der Waals surface area (Å²) in [6, 6.07) is 7.79. The summed E-state index contributed by atoms with van der Waals surface area (Å²) < 4.78 is 6.61. The number of benzene rings is 1. The van der Waals surface area contributed by atoms with Gasteiger partial charge in [0.15, 0.2) is 11.5 Å². The van der Waals surface area contributed by atoms with Crippen molar-refractivity contribution < 1.29 is 9.53 Å². The molecule has 4 heteroatoms. The molecule has 1 aromatic heterocycles. The topological polar surface area (TPSA) is 44.1 Å². The number of carbonyl (C=O) groups excluding carboxylic acids is 1. The van der Waals surface area contributed by atoms with Crippen molar-refractivity contribution in [2.24, 2.45) is 0 Å². The molecule has 19 heavy (non-hydrogen) atoms. The Kier molecular flexibility index (Phi) is 4.34. The van der Waals surface area contributed by atoms with Crippen molar-refractivity contribution in [3.05, 3.63) is 47.8 Å². The van der Waals surface area contributed by atoms with Gasteiger partial charge in [-0.3, -0.25) is 9.48 Å². The van der Waals surface area contributed by atoms with Crippen LogP contribution >= 0.6 is 0 Å². The van der Waals surface area contributed by atoms with Crippen molar-refractivity contribution in [1.82, 2.24) is 9.78 Å². The van der Waals surface area contributed by atoms with Crippen LogP contribution in [0.4, 0.5) is 0 Å². The second kappa shape index (κ2) is 6.18. The van der Waals surface area contributed by atoms with Gasteiger partial charge in [0.25, 0.3) is 0 Å². The Labute approximate surface area is 113 Å². The summed E-state index contributed by atoms with van der Waals surface area (Å²) in [7, 11) is 1.58. The van der Waals surface area contributed by atoms with Crippen molar-refractivity contribution in [3.8, 4) is 5.75 Å². The maximum absolute atomic E-state index is 12.1. The normalized spacial score (nSPS) is 10.4. The van der Waals surface area contributed by atoms with Crippen LogP contribution in [-0.4, -0.2) is 22.7 Å². The van der Waals surface area contributed by atoms with Crippen LogP contribution in [-0.2, 0) is 13.0 Å². The second-order valence-electron chi connectivity index (χ2n) is 4.45. The lowest BCUT2D eigenvalue weighted by atomic mass is 10.1. The number of hydrogen-bond acceptors (Lipinski definition) is 3. The van der Waals surface area contributed by atoms with E-state index in [4.69, 9.17) is 4.74 Å². The lowest BCUT2D eigenvalue weighted by Crippen LogP contribution is -2.10. The lowest BCUT2D eigenvalue weighted by molar-refractivity contribution is 0.0967. The Morgan fingerprint density at radius 1 is 1.32 bits per heavy atom. The van der Waals surface area contributed by atoms with Gasteiger partial charge in [-0.2, -0.15) is 5.10 Å². The molecule has 0 aliphatic carbocycles. The third-order valence-electron chi connectivity index (χ3n) is 2.97. The molecule has 0 bridgehead atoms. The van der Waals surface area contributed by atoms with Crippen LogP contribution in [0.3, 0.4) is 0 Å². The summed E-state index contributed by atoms with van der Waals surface area (Å²) in [4.78, 5) is 12.1. The first kappa shape index (κ1) is 13.3. The molecule has 0 amide bonds. The third-order valence-corrected chi connectivity index (χ3v) is 2.97. The fourth-order valence-corrected chi connectivity index (χ4v) is 1.92. The molecular weight excluding hydrogens is 240 g/mol. The minimum atomic E-state index is 0.0498. The Hall–Kier alpha value is -2.10. The molecule has 0 fully saturated rings. The lowest BCUT2D eigenvalue weighted by Gasteiger charge is -2.03. The molecular formula is C15H18N2O2. The molecule has 2 aromatic rings. The average molecular weight is 258 g/mol. The standard InChI is InChI=1S/C15H18N2O2/c1-3-4-12-5-7-13(8-6-12)15(18)11-17-10-14(19-2)9-16-17/h5-10H,3-4,11H2,1-2H3. The van der Waals surface area contributed by atoms with Crippen LogP contribution in [0.2, 0.25) is 0 Å². The highest BCUT2D eigenvalue weighted by molar-refractivity contribution is 5.95. The highest BCUT2D eigenvalue weighted by Crippen LogP contribution is 2.10. The number of hydrogen-bond donors (Lipinski definition) is 0. The zero-order chi connectivity index (χ0) is 13.7. The predicted octanol–water partition coefficient (Wildman–Crippen LogP) is 2.73. The molecule has 4 nitrogen and oxygen atoms in total. The van der Waals surface area contributed by atoms with E-state index in [-0.39, 0.29) is 12.3 Å². The molecule has 1 heterocycles. The fraction of sp³-hybridized carbons (Fsp3) is 0.333. The van der Waals surface area contributed by atoms with Crippen molar-refractivity contribution in [2.45, 2.75) is 26.3 Å².